The van der Waals surface area contributed by atoms with Crippen LogP contribution in [0.25, 0.3) is 0 Å². The van der Waals surface area contributed by atoms with Crippen molar-refractivity contribution in [1.29, 1.82) is 0 Å². The van der Waals surface area contributed by atoms with Gasteiger partial charge in [0, 0.05) is 5.56 Å². The van der Waals surface area contributed by atoms with Crippen LogP contribution in [0.2, 0.25) is 0 Å². The molecule has 0 saturated carbocycles. The minimum Gasteiger partial charge on any atom is -0.397 e. The maximum absolute atomic E-state index is 12.6. The number of halogens is 3. The predicted molar refractivity (Wildman–Crippen MR) is 72.8 cm³/mol. The Balaban J connectivity index is 2.22. The van der Waals surface area contributed by atoms with E-state index in [1.807, 2.05) is 0 Å². The van der Waals surface area contributed by atoms with E-state index in [-0.39, 0.29) is 5.56 Å². The van der Waals surface area contributed by atoms with Crippen LogP contribution >= 0.6 is 0 Å². The Morgan fingerprint density at radius 1 is 1.29 bits per heavy atom. The first-order chi connectivity index (χ1) is 9.77. The highest BCUT2D eigenvalue weighted by Gasteiger charge is 2.30. The fourth-order valence-electron chi connectivity index (χ4n) is 1.66. The smallest absolute Gasteiger partial charge is 0.397 e. The summed E-state index contributed by atoms with van der Waals surface area (Å²) in [5, 5.41) is 2.46. The molecule has 0 aliphatic rings. The molecule has 3 N–H and O–H groups in total. The second-order valence-electron chi connectivity index (χ2n) is 4.43. The van der Waals surface area contributed by atoms with E-state index in [1.165, 1.54) is 24.4 Å². The fourth-order valence-corrected chi connectivity index (χ4v) is 1.66. The van der Waals surface area contributed by atoms with Crippen LogP contribution in [0, 0.1) is 6.92 Å². The Bertz CT molecular complexity index is 683. The zero-order chi connectivity index (χ0) is 15.6. The number of rotatable bonds is 2. The predicted octanol–water partition coefficient (Wildman–Crippen LogP) is 3.24. The molecule has 0 atom stereocenters. The number of carbonyl (C=O) groups excluding carboxylic acids is 1. The molecule has 21 heavy (non-hydrogen) atoms. The summed E-state index contributed by atoms with van der Waals surface area (Å²) in [6, 6.07) is 5.67. The molecule has 0 spiro atoms. The van der Waals surface area contributed by atoms with Gasteiger partial charge in [-0.05, 0) is 31.2 Å². The van der Waals surface area contributed by atoms with Gasteiger partial charge in [0.1, 0.15) is 0 Å². The third-order valence-electron chi connectivity index (χ3n) is 2.84. The van der Waals surface area contributed by atoms with E-state index in [0.29, 0.717) is 17.1 Å². The van der Waals surface area contributed by atoms with Crippen molar-refractivity contribution in [2.75, 3.05) is 11.1 Å². The molecule has 2 aromatic rings. The number of aromatic nitrogens is 1. The monoisotopic (exact) mass is 295 g/mol. The summed E-state index contributed by atoms with van der Waals surface area (Å²) >= 11 is 0. The average molecular weight is 295 g/mol. The van der Waals surface area contributed by atoms with Crippen LogP contribution in [0.3, 0.4) is 0 Å². The number of alkyl halides is 3. The molecule has 1 amide bonds. The quantitative estimate of drug-likeness (QED) is 0.893. The summed E-state index contributed by atoms with van der Waals surface area (Å²) in [6.45, 7) is 1.70. The fraction of sp³-hybridized carbons (Fsp3) is 0.143. The van der Waals surface area contributed by atoms with Gasteiger partial charge in [0.25, 0.3) is 5.91 Å². The van der Waals surface area contributed by atoms with Gasteiger partial charge >= 0.3 is 6.18 Å². The zero-order valence-corrected chi connectivity index (χ0v) is 11.0. The van der Waals surface area contributed by atoms with Crippen LogP contribution in [0.15, 0.2) is 36.5 Å². The molecule has 1 aromatic heterocycles. The van der Waals surface area contributed by atoms with E-state index in [9.17, 15) is 18.0 Å². The van der Waals surface area contributed by atoms with E-state index in [2.05, 4.69) is 10.3 Å². The molecule has 0 aliphatic carbocycles. The Kier molecular flexibility index (Phi) is 3.84. The van der Waals surface area contributed by atoms with Crippen LogP contribution in [-0.2, 0) is 6.18 Å². The Labute approximate surface area is 118 Å². The van der Waals surface area contributed by atoms with Crippen molar-refractivity contribution in [1.82, 2.24) is 4.98 Å². The van der Waals surface area contributed by atoms with E-state index >= 15 is 0 Å². The first-order valence-electron chi connectivity index (χ1n) is 5.98. The second kappa shape index (κ2) is 5.43. The number of anilines is 2. The molecule has 2 rings (SSSR count). The number of amides is 1. The number of nitrogen functional groups attached to an aromatic ring is 1. The number of benzene rings is 1. The Morgan fingerprint density at radius 3 is 2.62 bits per heavy atom. The van der Waals surface area contributed by atoms with Crippen LogP contribution in [0.5, 0.6) is 0 Å². The number of hydrogen-bond donors (Lipinski definition) is 2. The molecule has 0 saturated heterocycles. The van der Waals surface area contributed by atoms with E-state index in [0.717, 1.165) is 12.1 Å². The number of nitrogens with zero attached hydrogens (tertiary/aromatic N) is 1. The lowest BCUT2D eigenvalue weighted by atomic mass is 10.1. The Morgan fingerprint density at radius 2 is 2.00 bits per heavy atom. The lowest BCUT2D eigenvalue weighted by molar-refractivity contribution is -0.137. The summed E-state index contributed by atoms with van der Waals surface area (Å²) in [5.74, 6) is -0.661. The molecule has 7 heteroatoms. The normalized spacial score (nSPS) is 11.2. The molecular weight excluding hydrogens is 283 g/mol. The minimum absolute atomic E-state index is 0.0935. The van der Waals surface area contributed by atoms with Crippen molar-refractivity contribution in [2.24, 2.45) is 0 Å². The highest BCUT2D eigenvalue weighted by molar-refractivity contribution is 6.04. The first-order valence-corrected chi connectivity index (χ1v) is 5.98. The highest BCUT2D eigenvalue weighted by Crippen LogP contribution is 2.29. The van der Waals surface area contributed by atoms with Gasteiger partial charge in [0.2, 0.25) is 0 Å². The number of hydrogen-bond acceptors (Lipinski definition) is 3. The maximum atomic E-state index is 12.6. The molecule has 0 fully saturated rings. The van der Waals surface area contributed by atoms with Gasteiger partial charge in [0.05, 0.1) is 28.8 Å². The summed E-state index contributed by atoms with van der Waals surface area (Å²) in [4.78, 5) is 15.9. The molecular formula is C14H12F3N3O. The third kappa shape index (κ3) is 3.50. The van der Waals surface area contributed by atoms with Gasteiger partial charge in [0.15, 0.2) is 0 Å². The lowest BCUT2D eigenvalue weighted by Crippen LogP contribution is -2.14. The van der Waals surface area contributed by atoms with Crippen molar-refractivity contribution in [2.45, 2.75) is 13.1 Å². The molecule has 0 bridgehead atoms. The van der Waals surface area contributed by atoms with Gasteiger partial charge in [-0.2, -0.15) is 13.2 Å². The number of nitrogens with one attached hydrogen (secondary N) is 1. The molecule has 0 aliphatic heterocycles. The largest absolute Gasteiger partial charge is 0.416 e. The summed E-state index contributed by atoms with van der Waals surface area (Å²) < 4.78 is 37.8. The first kappa shape index (κ1) is 14.8. The van der Waals surface area contributed by atoms with Gasteiger partial charge < -0.3 is 11.1 Å². The standard InChI is InChI=1S/C14H12F3N3O/c1-8-12(18)6-11(7-19-8)20-13(21)9-3-2-4-10(5-9)14(15,16)17/h2-7H,18H2,1H3,(H,20,21). The number of aryl methyl sites for hydroxylation is 1. The van der Waals surface area contributed by atoms with Gasteiger partial charge in [-0.25, -0.2) is 0 Å². The summed E-state index contributed by atoms with van der Waals surface area (Å²) in [6.07, 6.45) is -3.11. The van der Waals surface area contributed by atoms with Gasteiger partial charge in [-0.3, -0.25) is 9.78 Å². The zero-order valence-electron chi connectivity index (χ0n) is 11.0. The van der Waals surface area contributed by atoms with Crippen LogP contribution in [0.1, 0.15) is 21.6 Å². The third-order valence-corrected chi connectivity index (χ3v) is 2.84. The number of carbonyl (C=O) groups is 1. The van der Waals surface area contributed by atoms with Crippen molar-refractivity contribution in [3.63, 3.8) is 0 Å². The van der Waals surface area contributed by atoms with Crippen molar-refractivity contribution < 1.29 is 18.0 Å². The SMILES string of the molecule is Cc1ncc(NC(=O)c2cccc(C(F)(F)F)c2)cc1N. The number of nitrogens with two attached hydrogens (primary N) is 1. The highest BCUT2D eigenvalue weighted by atomic mass is 19.4. The molecule has 0 unspecified atom stereocenters. The summed E-state index contributed by atoms with van der Waals surface area (Å²) in [7, 11) is 0. The van der Waals surface area contributed by atoms with Crippen molar-refractivity contribution in [3.05, 3.63) is 53.3 Å². The minimum atomic E-state index is -4.49. The molecule has 110 valence electrons. The topological polar surface area (TPSA) is 68.0 Å². The van der Waals surface area contributed by atoms with E-state index < -0.39 is 17.6 Å². The lowest BCUT2D eigenvalue weighted by Gasteiger charge is -2.10. The molecule has 1 aromatic carbocycles. The van der Waals surface area contributed by atoms with Crippen LogP contribution in [-0.4, -0.2) is 10.9 Å². The summed E-state index contributed by atoms with van der Waals surface area (Å²) in [5.41, 5.74) is 5.99. The maximum Gasteiger partial charge on any atom is 0.416 e. The Hall–Kier alpha value is -2.57. The second-order valence-corrected chi connectivity index (χ2v) is 4.43. The van der Waals surface area contributed by atoms with Gasteiger partial charge in [-0.1, -0.05) is 6.07 Å². The molecule has 4 nitrogen and oxygen atoms in total. The van der Waals surface area contributed by atoms with Crippen LogP contribution in [0.4, 0.5) is 24.5 Å². The van der Waals surface area contributed by atoms with Crippen LogP contribution < -0.4 is 11.1 Å². The molecule has 0 radical (unpaired) electrons. The average Bonchev–Trinajstić information content (AvgIpc) is 2.42. The molecule has 1 heterocycles. The van der Waals surface area contributed by atoms with Crippen molar-refractivity contribution in [3.8, 4) is 0 Å². The van der Waals surface area contributed by atoms with E-state index in [4.69, 9.17) is 5.73 Å². The van der Waals surface area contributed by atoms with Crippen molar-refractivity contribution >= 4 is 17.3 Å². The van der Waals surface area contributed by atoms with E-state index in [1.54, 1.807) is 6.92 Å². The number of pyridine rings is 1. The van der Waals surface area contributed by atoms with Gasteiger partial charge in [-0.15, -0.1) is 0 Å².